The molecule has 1 unspecified atom stereocenters. The molecule has 0 fully saturated rings. The van der Waals surface area contributed by atoms with Gasteiger partial charge in [-0.15, -0.1) is 0 Å². The molecule has 3 heteroatoms. The monoisotopic (exact) mass is 220 g/mol. The Labute approximate surface area is 97.0 Å². The first-order valence-electron chi connectivity index (χ1n) is 5.62. The molecule has 0 aliphatic heterocycles. The fraction of sp³-hybridized carbons (Fsp3) is 0.462. The number of nitrogens with one attached hydrogen (secondary N) is 1. The van der Waals surface area contributed by atoms with E-state index in [0.717, 1.165) is 11.3 Å². The van der Waals surface area contributed by atoms with Crippen molar-refractivity contribution in [3.05, 3.63) is 29.8 Å². The highest BCUT2D eigenvalue weighted by molar-refractivity contribution is 5.94. The maximum absolute atomic E-state index is 11.2. The summed E-state index contributed by atoms with van der Waals surface area (Å²) in [5.41, 5.74) is 7.37. The number of ketones is 1. The molecule has 1 atom stereocenters. The van der Waals surface area contributed by atoms with E-state index >= 15 is 0 Å². The third-order valence-electron chi connectivity index (χ3n) is 2.68. The van der Waals surface area contributed by atoms with Crippen LogP contribution >= 0.6 is 0 Å². The number of carbonyl (C=O) groups is 1. The molecule has 1 aromatic carbocycles. The summed E-state index contributed by atoms with van der Waals surface area (Å²) in [6.45, 7) is 6.41. The average Bonchev–Trinajstić information content (AvgIpc) is 2.25. The molecule has 0 aliphatic carbocycles. The van der Waals surface area contributed by atoms with E-state index in [9.17, 15) is 4.79 Å². The second kappa shape index (κ2) is 5.66. The Morgan fingerprint density at radius 1 is 1.44 bits per heavy atom. The Morgan fingerprint density at radius 2 is 2.12 bits per heavy atom. The van der Waals surface area contributed by atoms with Gasteiger partial charge in [0.25, 0.3) is 0 Å². The third-order valence-corrected chi connectivity index (χ3v) is 2.68. The zero-order chi connectivity index (χ0) is 12.1. The van der Waals surface area contributed by atoms with Crippen molar-refractivity contribution in [2.75, 3.05) is 11.9 Å². The van der Waals surface area contributed by atoms with Crippen LogP contribution in [-0.2, 0) is 0 Å². The van der Waals surface area contributed by atoms with E-state index in [1.54, 1.807) is 6.92 Å². The molecule has 3 nitrogen and oxygen atoms in total. The highest BCUT2D eigenvalue weighted by atomic mass is 16.1. The van der Waals surface area contributed by atoms with Crippen molar-refractivity contribution in [3.63, 3.8) is 0 Å². The minimum atomic E-state index is 0.0810. The van der Waals surface area contributed by atoms with Crippen LogP contribution in [0.25, 0.3) is 0 Å². The number of rotatable bonds is 5. The molecule has 0 aromatic heterocycles. The van der Waals surface area contributed by atoms with Gasteiger partial charge in [0.05, 0.1) is 0 Å². The van der Waals surface area contributed by atoms with Crippen LogP contribution in [0, 0.1) is 5.92 Å². The van der Waals surface area contributed by atoms with Crippen LogP contribution < -0.4 is 11.1 Å². The maximum Gasteiger partial charge on any atom is 0.159 e. The van der Waals surface area contributed by atoms with Gasteiger partial charge in [0.1, 0.15) is 0 Å². The van der Waals surface area contributed by atoms with E-state index in [-0.39, 0.29) is 11.8 Å². The molecular formula is C13H20N2O. The fourth-order valence-electron chi connectivity index (χ4n) is 1.54. The molecular weight excluding hydrogens is 200 g/mol. The van der Waals surface area contributed by atoms with E-state index in [4.69, 9.17) is 5.73 Å². The van der Waals surface area contributed by atoms with Gasteiger partial charge in [0, 0.05) is 23.8 Å². The van der Waals surface area contributed by atoms with Crippen molar-refractivity contribution in [1.82, 2.24) is 0 Å². The Morgan fingerprint density at radius 3 is 2.62 bits per heavy atom. The number of anilines is 1. The number of hydrogen-bond acceptors (Lipinski definition) is 3. The number of nitrogens with two attached hydrogens (primary N) is 1. The van der Waals surface area contributed by atoms with Gasteiger partial charge in [0.2, 0.25) is 0 Å². The normalized spacial score (nSPS) is 12.6. The van der Waals surface area contributed by atoms with Crippen LogP contribution in [0.2, 0.25) is 0 Å². The molecule has 3 N–H and O–H groups in total. The standard InChI is InChI=1S/C13H20N2O/c1-9(2)13(8-14)15-12-6-4-5-11(7-12)10(3)16/h4-7,9,13,15H,8,14H2,1-3H3. The lowest BCUT2D eigenvalue weighted by molar-refractivity contribution is 0.101. The molecule has 0 aliphatic rings. The summed E-state index contributed by atoms with van der Waals surface area (Å²) in [6.07, 6.45) is 0. The molecule has 0 bridgehead atoms. The smallest absolute Gasteiger partial charge is 0.159 e. The number of hydrogen-bond donors (Lipinski definition) is 2. The summed E-state index contributed by atoms with van der Waals surface area (Å²) in [6, 6.07) is 7.76. The Balaban J connectivity index is 2.80. The Hall–Kier alpha value is -1.35. The Kier molecular flexibility index (Phi) is 4.50. The highest BCUT2D eigenvalue weighted by Crippen LogP contribution is 2.14. The first-order valence-corrected chi connectivity index (χ1v) is 5.62. The number of carbonyl (C=O) groups excluding carboxylic acids is 1. The van der Waals surface area contributed by atoms with E-state index in [0.29, 0.717) is 12.5 Å². The summed E-state index contributed by atoms with van der Waals surface area (Å²) in [5.74, 6) is 0.545. The lowest BCUT2D eigenvalue weighted by Gasteiger charge is -2.21. The first kappa shape index (κ1) is 12.7. The molecule has 0 saturated heterocycles. The molecule has 1 rings (SSSR count). The SMILES string of the molecule is CC(=O)c1cccc(NC(CN)C(C)C)c1. The second-order valence-electron chi connectivity index (χ2n) is 4.37. The van der Waals surface area contributed by atoms with Crippen LogP contribution in [-0.4, -0.2) is 18.4 Å². The topological polar surface area (TPSA) is 55.1 Å². The summed E-state index contributed by atoms with van der Waals surface area (Å²) in [7, 11) is 0. The predicted octanol–water partition coefficient (Wildman–Crippen LogP) is 2.28. The zero-order valence-corrected chi connectivity index (χ0v) is 10.2. The summed E-state index contributed by atoms with van der Waals surface area (Å²) in [4.78, 5) is 11.2. The minimum Gasteiger partial charge on any atom is -0.381 e. The fourth-order valence-corrected chi connectivity index (χ4v) is 1.54. The maximum atomic E-state index is 11.2. The Bertz CT molecular complexity index is 361. The van der Waals surface area contributed by atoms with E-state index in [1.807, 2.05) is 24.3 Å². The van der Waals surface area contributed by atoms with Crippen molar-refractivity contribution in [2.45, 2.75) is 26.8 Å². The van der Waals surface area contributed by atoms with Crippen LogP contribution in [0.3, 0.4) is 0 Å². The molecule has 0 radical (unpaired) electrons. The van der Waals surface area contributed by atoms with Gasteiger partial charge in [-0.25, -0.2) is 0 Å². The third kappa shape index (κ3) is 3.35. The highest BCUT2D eigenvalue weighted by Gasteiger charge is 2.11. The second-order valence-corrected chi connectivity index (χ2v) is 4.37. The molecule has 0 amide bonds. The van der Waals surface area contributed by atoms with Gasteiger partial charge in [-0.1, -0.05) is 26.0 Å². The van der Waals surface area contributed by atoms with Gasteiger partial charge < -0.3 is 11.1 Å². The quantitative estimate of drug-likeness (QED) is 0.748. The summed E-state index contributed by atoms with van der Waals surface area (Å²) < 4.78 is 0. The van der Waals surface area contributed by atoms with Crippen molar-refractivity contribution < 1.29 is 4.79 Å². The number of Topliss-reactive ketones (excluding diaryl/α,β-unsaturated/α-hetero) is 1. The van der Waals surface area contributed by atoms with Crippen LogP contribution in [0.5, 0.6) is 0 Å². The molecule has 1 aromatic rings. The van der Waals surface area contributed by atoms with E-state index in [2.05, 4.69) is 19.2 Å². The molecule has 0 heterocycles. The molecule has 88 valence electrons. The molecule has 0 spiro atoms. The summed E-state index contributed by atoms with van der Waals surface area (Å²) >= 11 is 0. The van der Waals surface area contributed by atoms with Crippen LogP contribution in [0.1, 0.15) is 31.1 Å². The average molecular weight is 220 g/mol. The summed E-state index contributed by atoms with van der Waals surface area (Å²) in [5, 5.41) is 3.35. The number of benzene rings is 1. The van der Waals surface area contributed by atoms with Gasteiger partial charge in [-0.05, 0) is 25.0 Å². The van der Waals surface area contributed by atoms with Crippen molar-refractivity contribution in [1.29, 1.82) is 0 Å². The largest absolute Gasteiger partial charge is 0.381 e. The van der Waals surface area contributed by atoms with Crippen molar-refractivity contribution in [2.24, 2.45) is 11.7 Å². The van der Waals surface area contributed by atoms with E-state index < -0.39 is 0 Å². The van der Waals surface area contributed by atoms with Gasteiger partial charge >= 0.3 is 0 Å². The zero-order valence-electron chi connectivity index (χ0n) is 10.2. The first-order chi connectivity index (χ1) is 7.54. The van der Waals surface area contributed by atoms with Crippen molar-refractivity contribution in [3.8, 4) is 0 Å². The van der Waals surface area contributed by atoms with Crippen molar-refractivity contribution >= 4 is 11.5 Å². The van der Waals surface area contributed by atoms with Gasteiger partial charge in [0.15, 0.2) is 5.78 Å². The lowest BCUT2D eigenvalue weighted by atomic mass is 10.0. The van der Waals surface area contributed by atoms with Crippen LogP contribution in [0.15, 0.2) is 24.3 Å². The van der Waals surface area contributed by atoms with E-state index in [1.165, 1.54) is 0 Å². The lowest BCUT2D eigenvalue weighted by Crippen LogP contribution is -2.33. The molecule has 0 saturated carbocycles. The minimum absolute atomic E-state index is 0.0810. The van der Waals surface area contributed by atoms with Gasteiger partial charge in [-0.3, -0.25) is 4.79 Å². The molecule has 16 heavy (non-hydrogen) atoms. The van der Waals surface area contributed by atoms with Gasteiger partial charge in [-0.2, -0.15) is 0 Å². The van der Waals surface area contributed by atoms with Crippen LogP contribution in [0.4, 0.5) is 5.69 Å². The predicted molar refractivity (Wildman–Crippen MR) is 67.7 cm³/mol.